The number of methoxy groups -OCH3 is 1. The van der Waals surface area contributed by atoms with E-state index in [1.807, 2.05) is 13.0 Å². The molecule has 0 bridgehead atoms. The maximum absolute atomic E-state index is 13.3. The highest BCUT2D eigenvalue weighted by atomic mass is 32.2. The van der Waals surface area contributed by atoms with Gasteiger partial charge in [0, 0.05) is 13.6 Å². The molecule has 0 heterocycles. The first-order valence-electron chi connectivity index (χ1n) is 9.75. The standard InChI is InChI=1S/C22H29N3O5S/c1-16-9-11-19(12-10-16)25(31(5,28)29)15-21(26)24(17(2)22(27)23-3)14-18-7-6-8-20(13-18)30-4/h6-13,17H,14-15H2,1-5H3,(H,23,27)/t17-/m1/s1. The molecule has 2 amide bonds. The molecule has 0 radical (unpaired) electrons. The van der Waals surface area contributed by atoms with Gasteiger partial charge in [0.1, 0.15) is 18.3 Å². The maximum Gasteiger partial charge on any atom is 0.244 e. The molecule has 2 aromatic rings. The largest absolute Gasteiger partial charge is 0.497 e. The Balaban J connectivity index is 2.37. The summed E-state index contributed by atoms with van der Waals surface area (Å²) in [6.45, 7) is 3.19. The number of nitrogens with one attached hydrogen (secondary N) is 1. The Labute approximate surface area is 183 Å². The number of hydrogen-bond acceptors (Lipinski definition) is 5. The summed E-state index contributed by atoms with van der Waals surface area (Å²) in [5.74, 6) is -0.225. The number of ether oxygens (including phenoxy) is 1. The first-order valence-corrected chi connectivity index (χ1v) is 11.6. The molecule has 2 rings (SSSR count). The topological polar surface area (TPSA) is 96.0 Å². The third kappa shape index (κ3) is 6.45. The monoisotopic (exact) mass is 447 g/mol. The summed E-state index contributed by atoms with van der Waals surface area (Å²) in [4.78, 5) is 26.9. The zero-order valence-corrected chi connectivity index (χ0v) is 19.3. The molecular formula is C22H29N3O5S. The minimum atomic E-state index is -3.73. The fraction of sp³-hybridized carbons (Fsp3) is 0.364. The van der Waals surface area contributed by atoms with Gasteiger partial charge in [-0.3, -0.25) is 13.9 Å². The van der Waals surface area contributed by atoms with Crippen molar-refractivity contribution in [3.05, 3.63) is 59.7 Å². The quantitative estimate of drug-likeness (QED) is 0.634. The van der Waals surface area contributed by atoms with Crippen LogP contribution in [0.1, 0.15) is 18.1 Å². The van der Waals surface area contributed by atoms with Crippen molar-refractivity contribution in [1.82, 2.24) is 10.2 Å². The predicted octanol–water partition coefficient (Wildman–Crippen LogP) is 1.93. The number of anilines is 1. The molecule has 0 aliphatic heterocycles. The number of aryl methyl sites for hydroxylation is 1. The van der Waals surface area contributed by atoms with Crippen LogP contribution in [-0.4, -0.2) is 58.1 Å². The van der Waals surface area contributed by atoms with E-state index in [1.165, 1.54) is 11.9 Å². The number of hydrogen-bond donors (Lipinski definition) is 1. The molecule has 0 aliphatic carbocycles. The number of benzene rings is 2. The molecule has 9 heteroatoms. The third-order valence-electron chi connectivity index (χ3n) is 4.90. The second-order valence-electron chi connectivity index (χ2n) is 7.27. The van der Waals surface area contributed by atoms with Gasteiger partial charge < -0.3 is 15.0 Å². The predicted molar refractivity (Wildman–Crippen MR) is 120 cm³/mol. The molecule has 0 aromatic heterocycles. The number of nitrogens with zero attached hydrogens (tertiary/aromatic N) is 2. The average molecular weight is 448 g/mol. The average Bonchev–Trinajstić information content (AvgIpc) is 2.74. The summed E-state index contributed by atoms with van der Waals surface area (Å²) in [6, 6.07) is 13.2. The summed E-state index contributed by atoms with van der Waals surface area (Å²) in [5, 5.41) is 2.54. The van der Waals surface area contributed by atoms with Gasteiger partial charge >= 0.3 is 0 Å². The van der Waals surface area contributed by atoms with Gasteiger partial charge in [-0.2, -0.15) is 0 Å². The zero-order valence-electron chi connectivity index (χ0n) is 18.5. The number of rotatable bonds is 9. The molecule has 0 spiro atoms. The lowest BCUT2D eigenvalue weighted by atomic mass is 10.1. The van der Waals surface area contributed by atoms with E-state index < -0.39 is 28.5 Å². The molecule has 0 saturated carbocycles. The molecule has 31 heavy (non-hydrogen) atoms. The Morgan fingerprint density at radius 2 is 1.77 bits per heavy atom. The van der Waals surface area contributed by atoms with Crippen LogP contribution >= 0.6 is 0 Å². The van der Waals surface area contributed by atoms with Gasteiger partial charge in [0.2, 0.25) is 21.8 Å². The number of amides is 2. The number of sulfonamides is 1. The lowest BCUT2D eigenvalue weighted by Crippen LogP contribution is -2.50. The summed E-state index contributed by atoms with van der Waals surface area (Å²) >= 11 is 0. The van der Waals surface area contributed by atoms with Crippen LogP contribution in [0, 0.1) is 6.92 Å². The van der Waals surface area contributed by atoms with Gasteiger partial charge in [0.25, 0.3) is 0 Å². The van der Waals surface area contributed by atoms with Crippen molar-refractivity contribution in [2.24, 2.45) is 0 Å². The van der Waals surface area contributed by atoms with Crippen molar-refractivity contribution in [3.8, 4) is 5.75 Å². The van der Waals surface area contributed by atoms with Crippen molar-refractivity contribution in [2.75, 3.05) is 31.3 Å². The molecule has 0 fully saturated rings. The number of likely N-dealkylation sites (N-methyl/N-ethyl adjacent to an activating group) is 1. The highest BCUT2D eigenvalue weighted by molar-refractivity contribution is 7.92. The van der Waals surface area contributed by atoms with Gasteiger partial charge in [0.05, 0.1) is 19.1 Å². The van der Waals surface area contributed by atoms with Gasteiger partial charge in [-0.25, -0.2) is 8.42 Å². The molecule has 0 unspecified atom stereocenters. The molecule has 1 atom stereocenters. The fourth-order valence-electron chi connectivity index (χ4n) is 3.08. The Bertz CT molecular complexity index is 1020. The molecule has 0 saturated heterocycles. The van der Waals surface area contributed by atoms with E-state index in [0.717, 1.165) is 21.7 Å². The normalized spacial score (nSPS) is 12.0. The van der Waals surface area contributed by atoms with Gasteiger partial charge in [0.15, 0.2) is 0 Å². The minimum absolute atomic E-state index is 0.121. The van der Waals surface area contributed by atoms with Crippen LogP contribution in [0.25, 0.3) is 0 Å². The SMILES string of the molecule is CNC(=O)[C@@H](C)N(Cc1cccc(OC)c1)C(=O)CN(c1ccc(C)cc1)S(C)(=O)=O. The number of carbonyl (C=O) groups is 2. The van der Waals surface area contributed by atoms with E-state index in [2.05, 4.69) is 5.32 Å². The third-order valence-corrected chi connectivity index (χ3v) is 6.04. The Morgan fingerprint density at radius 3 is 2.32 bits per heavy atom. The van der Waals surface area contributed by atoms with Crippen LogP contribution in [-0.2, 0) is 26.2 Å². The Hall–Kier alpha value is -3.07. The van der Waals surface area contributed by atoms with Crippen molar-refractivity contribution >= 4 is 27.5 Å². The summed E-state index contributed by atoms with van der Waals surface area (Å²) in [7, 11) is -0.699. The first-order chi connectivity index (χ1) is 14.6. The van der Waals surface area contributed by atoms with Gasteiger partial charge in [-0.15, -0.1) is 0 Å². The molecule has 8 nitrogen and oxygen atoms in total. The highest BCUT2D eigenvalue weighted by Crippen LogP contribution is 2.20. The van der Waals surface area contributed by atoms with E-state index in [0.29, 0.717) is 11.4 Å². The van der Waals surface area contributed by atoms with Crippen LogP contribution in [0.2, 0.25) is 0 Å². The van der Waals surface area contributed by atoms with Crippen molar-refractivity contribution in [1.29, 1.82) is 0 Å². The Morgan fingerprint density at radius 1 is 1.13 bits per heavy atom. The summed E-state index contributed by atoms with van der Waals surface area (Å²) < 4.78 is 31.1. The first kappa shape index (κ1) is 24.2. The lowest BCUT2D eigenvalue weighted by Gasteiger charge is -2.31. The van der Waals surface area contributed by atoms with Crippen molar-refractivity contribution in [2.45, 2.75) is 26.4 Å². The molecular weight excluding hydrogens is 418 g/mol. The zero-order chi connectivity index (χ0) is 23.2. The van der Waals surface area contributed by atoms with E-state index in [4.69, 9.17) is 4.74 Å². The van der Waals surface area contributed by atoms with Crippen molar-refractivity contribution in [3.63, 3.8) is 0 Å². The smallest absolute Gasteiger partial charge is 0.244 e. The van der Waals surface area contributed by atoms with E-state index >= 15 is 0 Å². The summed E-state index contributed by atoms with van der Waals surface area (Å²) in [6.07, 6.45) is 1.05. The van der Waals surface area contributed by atoms with E-state index in [-0.39, 0.29) is 12.5 Å². The maximum atomic E-state index is 13.3. The van der Waals surface area contributed by atoms with E-state index in [1.54, 1.807) is 56.5 Å². The second-order valence-corrected chi connectivity index (χ2v) is 9.18. The molecule has 0 aliphatic rings. The molecule has 1 N–H and O–H groups in total. The van der Waals surface area contributed by atoms with Crippen LogP contribution in [0.15, 0.2) is 48.5 Å². The van der Waals surface area contributed by atoms with Crippen molar-refractivity contribution < 1.29 is 22.7 Å². The minimum Gasteiger partial charge on any atom is -0.497 e. The molecule has 2 aromatic carbocycles. The Kier molecular flexibility index (Phi) is 8.04. The van der Waals surface area contributed by atoms with E-state index in [9.17, 15) is 18.0 Å². The summed E-state index contributed by atoms with van der Waals surface area (Å²) in [5.41, 5.74) is 2.11. The highest BCUT2D eigenvalue weighted by Gasteiger charge is 2.29. The number of carbonyl (C=O) groups excluding carboxylic acids is 2. The lowest BCUT2D eigenvalue weighted by molar-refractivity contribution is -0.139. The second kappa shape index (κ2) is 10.3. The van der Waals surface area contributed by atoms with Gasteiger partial charge in [-0.05, 0) is 43.7 Å². The molecule has 168 valence electrons. The fourth-order valence-corrected chi connectivity index (χ4v) is 3.93. The van der Waals surface area contributed by atoms with Gasteiger partial charge in [-0.1, -0.05) is 29.8 Å². The van der Waals surface area contributed by atoms with Crippen LogP contribution in [0.4, 0.5) is 5.69 Å². The van der Waals surface area contributed by atoms with Crippen LogP contribution in [0.3, 0.4) is 0 Å². The van der Waals surface area contributed by atoms with Crippen LogP contribution < -0.4 is 14.4 Å². The van der Waals surface area contributed by atoms with Crippen LogP contribution in [0.5, 0.6) is 5.75 Å².